The Balaban J connectivity index is 1.52. The number of halogens is 1. The van der Waals surface area contributed by atoms with E-state index in [4.69, 9.17) is 10.5 Å². The van der Waals surface area contributed by atoms with Gasteiger partial charge in [0.15, 0.2) is 0 Å². The number of Topliss-reactive ketones (excluding diaryl/α,β-unsaturated/α-hetero) is 1. The van der Waals surface area contributed by atoms with Crippen LogP contribution in [0.25, 0.3) is 11.0 Å². The molecular formula is C23H23FN4O4. The number of carbonyl (C=O) groups excluding carboxylic acids is 3. The number of methoxy groups -OCH3 is 1. The minimum absolute atomic E-state index is 0.0645. The van der Waals surface area contributed by atoms with Crippen LogP contribution in [0.15, 0.2) is 36.5 Å². The van der Waals surface area contributed by atoms with Gasteiger partial charge < -0.3 is 20.4 Å². The van der Waals surface area contributed by atoms with Gasteiger partial charge in [0.25, 0.3) is 17.6 Å². The smallest absolute Gasteiger partial charge is 0.289 e. The number of likely N-dealkylation sites (tertiary alicyclic amines) is 1. The van der Waals surface area contributed by atoms with Crippen LogP contribution in [0.5, 0.6) is 5.88 Å². The Morgan fingerprint density at radius 3 is 2.50 bits per heavy atom. The number of pyridine rings is 1. The standard InChI is InChI=1S/C23H23FN4O4/c1-32-22-17(11-16-18(19(29)20(25)30)12-26-21(16)27-22)23(31)28-8-6-14(7-9-28)10-13-2-4-15(24)5-3-13/h2-5,11-12,14H,6-10H2,1H3,(H2,25,30)(H,26,27). The molecule has 2 amide bonds. The lowest BCUT2D eigenvalue weighted by Crippen LogP contribution is -2.39. The molecular weight excluding hydrogens is 415 g/mol. The molecule has 1 saturated heterocycles. The number of ether oxygens (including phenoxy) is 1. The highest BCUT2D eigenvalue weighted by atomic mass is 19.1. The van der Waals surface area contributed by atoms with Gasteiger partial charge in [0.1, 0.15) is 17.0 Å². The number of aromatic nitrogens is 2. The highest BCUT2D eigenvalue weighted by molar-refractivity contribution is 6.44. The average molecular weight is 438 g/mol. The predicted octanol–water partition coefficient (Wildman–Crippen LogP) is 2.47. The molecule has 0 bridgehead atoms. The number of piperidine rings is 1. The van der Waals surface area contributed by atoms with Gasteiger partial charge in [-0.25, -0.2) is 4.39 Å². The van der Waals surface area contributed by atoms with Crippen LogP contribution >= 0.6 is 0 Å². The summed E-state index contributed by atoms with van der Waals surface area (Å²) >= 11 is 0. The molecule has 3 N–H and O–H groups in total. The number of fused-ring (bicyclic) bond motifs is 1. The molecule has 0 unspecified atom stereocenters. The number of primary amides is 1. The van der Waals surface area contributed by atoms with Crippen molar-refractivity contribution in [2.75, 3.05) is 20.2 Å². The third-order valence-electron chi connectivity index (χ3n) is 5.86. The number of amides is 2. The van der Waals surface area contributed by atoms with Crippen molar-refractivity contribution in [3.05, 3.63) is 59.0 Å². The molecule has 9 heteroatoms. The third kappa shape index (κ3) is 4.18. The molecule has 1 aliphatic heterocycles. The second kappa shape index (κ2) is 8.78. The van der Waals surface area contributed by atoms with Crippen LogP contribution in [0, 0.1) is 11.7 Å². The van der Waals surface area contributed by atoms with E-state index < -0.39 is 11.7 Å². The highest BCUT2D eigenvalue weighted by Gasteiger charge is 2.28. The Morgan fingerprint density at radius 1 is 1.19 bits per heavy atom. The van der Waals surface area contributed by atoms with Crippen molar-refractivity contribution in [3.63, 3.8) is 0 Å². The molecule has 3 aromatic rings. The Morgan fingerprint density at radius 2 is 1.88 bits per heavy atom. The average Bonchev–Trinajstić information content (AvgIpc) is 3.22. The van der Waals surface area contributed by atoms with E-state index in [0.717, 1.165) is 24.8 Å². The number of aromatic amines is 1. The zero-order valence-electron chi connectivity index (χ0n) is 17.6. The summed E-state index contributed by atoms with van der Waals surface area (Å²) in [7, 11) is 1.41. The van der Waals surface area contributed by atoms with E-state index in [-0.39, 0.29) is 28.7 Å². The Hall–Kier alpha value is -3.75. The van der Waals surface area contributed by atoms with E-state index in [1.165, 1.54) is 31.5 Å². The second-order valence-corrected chi connectivity index (χ2v) is 7.90. The zero-order valence-corrected chi connectivity index (χ0v) is 17.6. The fourth-order valence-corrected chi connectivity index (χ4v) is 4.12. The summed E-state index contributed by atoms with van der Waals surface area (Å²) < 4.78 is 18.4. The second-order valence-electron chi connectivity index (χ2n) is 7.90. The van der Waals surface area contributed by atoms with Crippen LogP contribution in [0.4, 0.5) is 4.39 Å². The van der Waals surface area contributed by atoms with E-state index in [1.54, 1.807) is 17.0 Å². The molecule has 2 aromatic heterocycles. The molecule has 32 heavy (non-hydrogen) atoms. The molecule has 4 rings (SSSR count). The molecule has 1 aromatic carbocycles. The summed E-state index contributed by atoms with van der Waals surface area (Å²) in [5, 5.41) is 0.337. The molecule has 8 nitrogen and oxygen atoms in total. The van der Waals surface area contributed by atoms with Crippen molar-refractivity contribution in [1.82, 2.24) is 14.9 Å². The molecule has 1 aliphatic rings. The largest absolute Gasteiger partial charge is 0.480 e. The maximum absolute atomic E-state index is 13.2. The number of ketones is 1. The molecule has 0 saturated carbocycles. The minimum atomic E-state index is -1.09. The summed E-state index contributed by atoms with van der Waals surface area (Å²) in [6.07, 6.45) is 3.81. The summed E-state index contributed by atoms with van der Waals surface area (Å²) in [6.45, 7) is 1.12. The van der Waals surface area contributed by atoms with E-state index >= 15 is 0 Å². The fraction of sp³-hybridized carbons (Fsp3) is 0.304. The SMILES string of the molecule is COc1nc2[nH]cc(C(=O)C(N)=O)c2cc1C(=O)N1CCC(Cc2ccc(F)cc2)CC1. The number of hydrogen-bond donors (Lipinski definition) is 2. The molecule has 0 radical (unpaired) electrons. The van der Waals surface area contributed by atoms with Crippen molar-refractivity contribution < 1.29 is 23.5 Å². The Labute approximate surface area is 183 Å². The number of nitrogens with zero attached hydrogens (tertiary/aromatic N) is 2. The Kier molecular flexibility index (Phi) is 5.89. The summed E-state index contributed by atoms with van der Waals surface area (Å²) in [5.74, 6) is -1.92. The first-order valence-corrected chi connectivity index (χ1v) is 10.3. The molecule has 3 heterocycles. The molecule has 0 aliphatic carbocycles. The van der Waals surface area contributed by atoms with E-state index in [0.29, 0.717) is 30.0 Å². The summed E-state index contributed by atoms with van der Waals surface area (Å²) in [6, 6.07) is 8.02. The van der Waals surface area contributed by atoms with Crippen molar-refractivity contribution in [1.29, 1.82) is 0 Å². The maximum Gasteiger partial charge on any atom is 0.289 e. The monoisotopic (exact) mass is 438 g/mol. The number of nitrogens with one attached hydrogen (secondary N) is 1. The Bertz CT molecular complexity index is 1180. The van der Waals surface area contributed by atoms with Gasteiger partial charge in [-0.1, -0.05) is 12.1 Å². The highest BCUT2D eigenvalue weighted by Crippen LogP contribution is 2.28. The first kappa shape index (κ1) is 21.5. The summed E-state index contributed by atoms with van der Waals surface area (Å²) in [4.78, 5) is 45.5. The third-order valence-corrected chi connectivity index (χ3v) is 5.86. The zero-order chi connectivity index (χ0) is 22.8. The van der Waals surface area contributed by atoms with Gasteiger partial charge in [0.05, 0.1) is 12.7 Å². The number of H-pyrrole nitrogens is 1. The number of nitrogens with two attached hydrogens (primary N) is 1. The lowest BCUT2D eigenvalue weighted by atomic mass is 9.90. The van der Waals surface area contributed by atoms with Crippen molar-refractivity contribution in [2.45, 2.75) is 19.3 Å². The van der Waals surface area contributed by atoms with E-state index in [1.807, 2.05) is 0 Å². The van der Waals surface area contributed by atoms with Crippen LogP contribution in [0.3, 0.4) is 0 Å². The lowest BCUT2D eigenvalue weighted by Gasteiger charge is -2.32. The van der Waals surface area contributed by atoms with Crippen molar-refractivity contribution >= 4 is 28.6 Å². The molecule has 0 spiro atoms. The number of rotatable bonds is 6. The van der Waals surface area contributed by atoms with Crippen LogP contribution in [0.1, 0.15) is 39.1 Å². The quantitative estimate of drug-likeness (QED) is 0.453. The number of hydrogen-bond acceptors (Lipinski definition) is 5. The first-order chi connectivity index (χ1) is 15.4. The van der Waals surface area contributed by atoms with E-state index in [9.17, 15) is 18.8 Å². The fourth-order valence-electron chi connectivity index (χ4n) is 4.12. The van der Waals surface area contributed by atoms with Crippen LogP contribution in [-0.4, -0.2) is 52.7 Å². The number of carbonyl (C=O) groups is 3. The lowest BCUT2D eigenvalue weighted by molar-refractivity contribution is -0.114. The summed E-state index contributed by atoms with van der Waals surface area (Å²) in [5.41, 5.74) is 6.80. The van der Waals surface area contributed by atoms with Gasteiger partial charge in [0.2, 0.25) is 5.88 Å². The van der Waals surface area contributed by atoms with Gasteiger partial charge in [-0.05, 0) is 48.9 Å². The molecule has 1 fully saturated rings. The van der Waals surface area contributed by atoms with Crippen LogP contribution in [0.2, 0.25) is 0 Å². The van der Waals surface area contributed by atoms with Gasteiger partial charge in [-0.2, -0.15) is 4.98 Å². The minimum Gasteiger partial charge on any atom is -0.480 e. The predicted molar refractivity (Wildman–Crippen MR) is 115 cm³/mol. The molecule has 0 atom stereocenters. The number of benzene rings is 1. The van der Waals surface area contributed by atoms with Gasteiger partial charge in [0, 0.05) is 24.7 Å². The van der Waals surface area contributed by atoms with Gasteiger partial charge >= 0.3 is 0 Å². The van der Waals surface area contributed by atoms with Crippen LogP contribution < -0.4 is 10.5 Å². The topological polar surface area (TPSA) is 118 Å². The van der Waals surface area contributed by atoms with Crippen molar-refractivity contribution in [2.24, 2.45) is 11.7 Å². The van der Waals surface area contributed by atoms with Gasteiger partial charge in [-0.3, -0.25) is 14.4 Å². The maximum atomic E-state index is 13.2. The van der Waals surface area contributed by atoms with Crippen LogP contribution in [-0.2, 0) is 11.2 Å². The van der Waals surface area contributed by atoms with Gasteiger partial charge in [-0.15, -0.1) is 0 Å². The normalized spacial score (nSPS) is 14.5. The first-order valence-electron chi connectivity index (χ1n) is 10.3. The molecule has 166 valence electrons. The van der Waals surface area contributed by atoms with E-state index in [2.05, 4.69) is 9.97 Å². The van der Waals surface area contributed by atoms with Crippen molar-refractivity contribution in [3.8, 4) is 5.88 Å².